The van der Waals surface area contributed by atoms with Gasteiger partial charge in [0.05, 0.1) is 10.7 Å². The van der Waals surface area contributed by atoms with E-state index in [1.807, 2.05) is 20.8 Å². The molecule has 1 amide bonds. The van der Waals surface area contributed by atoms with Gasteiger partial charge >= 0.3 is 0 Å². The first kappa shape index (κ1) is 14.2. The zero-order valence-corrected chi connectivity index (χ0v) is 12.1. The number of amides is 1. The summed E-state index contributed by atoms with van der Waals surface area (Å²) in [5.74, 6) is 0.558. The lowest BCUT2D eigenvalue weighted by Crippen LogP contribution is -2.40. The molecule has 3 nitrogen and oxygen atoms in total. The van der Waals surface area contributed by atoms with Crippen molar-refractivity contribution in [3.8, 4) is 0 Å². The van der Waals surface area contributed by atoms with Crippen molar-refractivity contribution in [2.45, 2.75) is 58.9 Å². The van der Waals surface area contributed by atoms with Gasteiger partial charge in [0.25, 0.3) is 0 Å². The zero-order valence-electron chi connectivity index (χ0n) is 11.3. The highest BCUT2D eigenvalue weighted by atomic mass is 32.1. The maximum atomic E-state index is 11.6. The standard InChI is InChI=1S/C13H22N2OS/c1-9(2)10-8-17-12(14-10)7-6-11(16)15-13(3,4)5/h8-9H,6-7H2,1-5H3,(H,15,16). The van der Waals surface area contributed by atoms with E-state index in [9.17, 15) is 4.79 Å². The summed E-state index contributed by atoms with van der Waals surface area (Å²) in [6, 6.07) is 0. The molecule has 0 aliphatic rings. The number of aryl methyl sites for hydroxylation is 1. The van der Waals surface area contributed by atoms with E-state index in [0.717, 1.165) is 17.1 Å². The monoisotopic (exact) mass is 254 g/mol. The topological polar surface area (TPSA) is 42.0 Å². The molecule has 0 saturated carbocycles. The molecule has 0 aromatic carbocycles. The van der Waals surface area contributed by atoms with E-state index < -0.39 is 0 Å². The molecule has 0 fully saturated rings. The summed E-state index contributed by atoms with van der Waals surface area (Å²) in [6.45, 7) is 10.2. The van der Waals surface area contributed by atoms with E-state index >= 15 is 0 Å². The maximum absolute atomic E-state index is 11.6. The molecule has 17 heavy (non-hydrogen) atoms. The van der Waals surface area contributed by atoms with Crippen molar-refractivity contribution in [2.75, 3.05) is 0 Å². The van der Waals surface area contributed by atoms with Gasteiger partial charge in [-0.05, 0) is 26.7 Å². The van der Waals surface area contributed by atoms with Gasteiger partial charge in [-0.1, -0.05) is 13.8 Å². The number of nitrogens with zero attached hydrogens (tertiary/aromatic N) is 1. The molecule has 1 rings (SSSR count). The van der Waals surface area contributed by atoms with E-state index in [4.69, 9.17) is 0 Å². The van der Waals surface area contributed by atoms with Crippen LogP contribution in [0.1, 0.15) is 57.7 Å². The van der Waals surface area contributed by atoms with Crippen LogP contribution in [0.4, 0.5) is 0 Å². The SMILES string of the molecule is CC(C)c1csc(CCC(=O)NC(C)(C)C)n1. The molecule has 0 atom stereocenters. The lowest BCUT2D eigenvalue weighted by atomic mass is 10.1. The number of carbonyl (C=O) groups is 1. The van der Waals surface area contributed by atoms with Crippen molar-refractivity contribution in [3.63, 3.8) is 0 Å². The van der Waals surface area contributed by atoms with Gasteiger partial charge in [-0.25, -0.2) is 4.98 Å². The second-order valence-corrected chi connectivity index (χ2v) is 6.56. The quantitative estimate of drug-likeness (QED) is 0.897. The van der Waals surface area contributed by atoms with Crippen LogP contribution in [0.5, 0.6) is 0 Å². The Morgan fingerprint density at radius 3 is 2.59 bits per heavy atom. The number of nitrogens with one attached hydrogen (secondary N) is 1. The van der Waals surface area contributed by atoms with Crippen molar-refractivity contribution >= 4 is 17.2 Å². The van der Waals surface area contributed by atoms with Crippen LogP contribution in [0.2, 0.25) is 0 Å². The van der Waals surface area contributed by atoms with Crippen LogP contribution >= 0.6 is 11.3 Å². The molecule has 0 bridgehead atoms. The highest BCUT2D eigenvalue weighted by Gasteiger charge is 2.14. The second-order valence-electron chi connectivity index (χ2n) is 5.62. The molecule has 96 valence electrons. The normalized spacial score (nSPS) is 11.9. The van der Waals surface area contributed by atoms with Crippen LogP contribution in [0.3, 0.4) is 0 Å². The predicted octanol–water partition coefficient (Wildman–Crippen LogP) is 3.11. The zero-order chi connectivity index (χ0) is 13.1. The van der Waals surface area contributed by atoms with Crippen molar-refractivity contribution in [1.29, 1.82) is 0 Å². The first-order chi connectivity index (χ1) is 7.78. The first-order valence-corrected chi connectivity index (χ1v) is 6.91. The Morgan fingerprint density at radius 1 is 1.47 bits per heavy atom. The summed E-state index contributed by atoms with van der Waals surface area (Å²) in [5.41, 5.74) is 0.976. The van der Waals surface area contributed by atoms with Gasteiger partial charge in [0.15, 0.2) is 0 Å². The van der Waals surface area contributed by atoms with E-state index in [0.29, 0.717) is 12.3 Å². The fraction of sp³-hybridized carbons (Fsp3) is 0.692. The van der Waals surface area contributed by atoms with Crippen molar-refractivity contribution in [3.05, 3.63) is 16.1 Å². The molecular weight excluding hydrogens is 232 g/mol. The number of carbonyl (C=O) groups excluding carboxylic acids is 1. The van der Waals surface area contributed by atoms with Gasteiger partial charge in [-0.2, -0.15) is 0 Å². The van der Waals surface area contributed by atoms with Crippen LogP contribution in [-0.2, 0) is 11.2 Å². The molecular formula is C13H22N2OS. The van der Waals surface area contributed by atoms with E-state index in [-0.39, 0.29) is 11.4 Å². The molecule has 4 heteroatoms. The third kappa shape index (κ3) is 5.31. The lowest BCUT2D eigenvalue weighted by molar-refractivity contribution is -0.122. The molecule has 0 aliphatic carbocycles. The summed E-state index contributed by atoms with van der Waals surface area (Å²) in [5, 5.41) is 6.10. The molecule has 0 radical (unpaired) electrons. The Kier molecular flexibility index (Phi) is 4.69. The molecule has 0 spiro atoms. The van der Waals surface area contributed by atoms with E-state index in [1.165, 1.54) is 0 Å². The highest BCUT2D eigenvalue weighted by molar-refractivity contribution is 7.09. The van der Waals surface area contributed by atoms with Crippen LogP contribution in [0.25, 0.3) is 0 Å². The molecule has 1 N–H and O–H groups in total. The fourth-order valence-corrected chi connectivity index (χ4v) is 2.37. The molecule has 1 heterocycles. The van der Waals surface area contributed by atoms with Crippen LogP contribution in [0, 0.1) is 0 Å². The molecule has 0 aliphatic heterocycles. The summed E-state index contributed by atoms with van der Waals surface area (Å²) in [4.78, 5) is 16.2. The predicted molar refractivity (Wildman–Crippen MR) is 72.4 cm³/mol. The Balaban J connectivity index is 2.42. The van der Waals surface area contributed by atoms with Gasteiger partial charge in [0, 0.05) is 23.8 Å². The Morgan fingerprint density at radius 2 is 2.12 bits per heavy atom. The minimum atomic E-state index is -0.150. The third-order valence-electron chi connectivity index (χ3n) is 2.24. The Hall–Kier alpha value is -0.900. The summed E-state index contributed by atoms with van der Waals surface area (Å²) in [7, 11) is 0. The number of hydrogen-bond donors (Lipinski definition) is 1. The number of thiazole rings is 1. The van der Waals surface area contributed by atoms with Gasteiger partial charge in [0.1, 0.15) is 0 Å². The maximum Gasteiger partial charge on any atom is 0.220 e. The van der Waals surface area contributed by atoms with E-state index in [1.54, 1.807) is 11.3 Å². The van der Waals surface area contributed by atoms with E-state index in [2.05, 4.69) is 29.5 Å². The average Bonchev–Trinajstić information content (AvgIpc) is 2.60. The molecule has 1 aromatic heterocycles. The highest BCUT2D eigenvalue weighted by Crippen LogP contribution is 2.18. The summed E-state index contributed by atoms with van der Waals surface area (Å²) < 4.78 is 0. The first-order valence-electron chi connectivity index (χ1n) is 6.03. The van der Waals surface area contributed by atoms with Crippen molar-refractivity contribution in [2.24, 2.45) is 0 Å². The van der Waals surface area contributed by atoms with Crippen molar-refractivity contribution < 1.29 is 4.79 Å². The molecule has 1 aromatic rings. The van der Waals surface area contributed by atoms with Gasteiger partial charge in [-0.3, -0.25) is 4.79 Å². The van der Waals surface area contributed by atoms with Crippen molar-refractivity contribution in [1.82, 2.24) is 10.3 Å². The van der Waals surface area contributed by atoms with Gasteiger partial charge in [-0.15, -0.1) is 11.3 Å². The summed E-state index contributed by atoms with van der Waals surface area (Å²) >= 11 is 1.65. The van der Waals surface area contributed by atoms with Crippen LogP contribution < -0.4 is 5.32 Å². The Labute approximate surface area is 108 Å². The minimum absolute atomic E-state index is 0.0961. The smallest absolute Gasteiger partial charge is 0.220 e. The van der Waals surface area contributed by atoms with Gasteiger partial charge < -0.3 is 5.32 Å². The molecule has 0 unspecified atom stereocenters. The largest absolute Gasteiger partial charge is 0.351 e. The average molecular weight is 254 g/mol. The van der Waals surface area contributed by atoms with Crippen LogP contribution in [0.15, 0.2) is 5.38 Å². The molecule has 0 saturated heterocycles. The second kappa shape index (κ2) is 5.63. The third-order valence-corrected chi connectivity index (χ3v) is 3.17. The fourth-order valence-electron chi connectivity index (χ4n) is 1.41. The summed E-state index contributed by atoms with van der Waals surface area (Å²) in [6.07, 6.45) is 1.25. The Bertz CT molecular complexity index is 377. The number of hydrogen-bond acceptors (Lipinski definition) is 3. The number of rotatable bonds is 4. The van der Waals surface area contributed by atoms with Crippen LogP contribution in [-0.4, -0.2) is 16.4 Å². The van der Waals surface area contributed by atoms with Gasteiger partial charge in [0.2, 0.25) is 5.91 Å². The number of aromatic nitrogens is 1. The lowest BCUT2D eigenvalue weighted by Gasteiger charge is -2.20. The minimum Gasteiger partial charge on any atom is -0.351 e.